The highest BCUT2D eigenvalue weighted by atomic mass is 32.2. The van der Waals surface area contributed by atoms with Crippen LogP contribution in [-0.2, 0) is 0 Å². The van der Waals surface area contributed by atoms with Crippen LogP contribution in [0.5, 0.6) is 0 Å². The standard InChI is InChI=1S/C13H10N8S/c14-6-8(12-17-19-20-18-12)7-16-9-1-2-11-10(5-9)21-4-3-15-13(21)22-11/h1-2,5,7,16H,3-4H2,(H,17,18,19,20). The molecule has 2 N–H and O–H groups in total. The topological polar surface area (TPSA) is 106 Å². The molecule has 2 aliphatic rings. The number of rotatable bonds is 3. The van der Waals surface area contributed by atoms with E-state index >= 15 is 0 Å². The molecular weight excluding hydrogens is 300 g/mol. The van der Waals surface area contributed by atoms with Crippen LogP contribution in [0.4, 0.5) is 11.4 Å². The highest BCUT2D eigenvalue weighted by Gasteiger charge is 2.29. The number of amidine groups is 1. The van der Waals surface area contributed by atoms with E-state index in [1.165, 1.54) is 4.90 Å². The highest BCUT2D eigenvalue weighted by Crippen LogP contribution is 2.43. The Balaban J connectivity index is 1.59. The normalized spacial score (nSPS) is 16.0. The molecule has 0 amide bonds. The fourth-order valence-corrected chi connectivity index (χ4v) is 3.38. The lowest BCUT2D eigenvalue weighted by Crippen LogP contribution is -2.20. The summed E-state index contributed by atoms with van der Waals surface area (Å²) >= 11 is 1.69. The Labute approximate surface area is 129 Å². The second-order valence-corrected chi connectivity index (χ2v) is 5.66. The monoisotopic (exact) mass is 310 g/mol. The number of hydrogen-bond acceptors (Lipinski definition) is 8. The minimum absolute atomic E-state index is 0.265. The first-order valence-corrected chi connectivity index (χ1v) is 7.41. The van der Waals surface area contributed by atoms with Crippen molar-refractivity contribution < 1.29 is 0 Å². The van der Waals surface area contributed by atoms with Gasteiger partial charge in [-0.2, -0.15) is 10.5 Å². The van der Waals surface area contributed by atoms with Gasteiger partial charge >= 0.3 is 0 Å². The van der Waals surface area contributed by atoms with E-state index in [0.29, 0.717) is 5.57 Å². The zero-order valence-electron chi connectivity index (χ0n) is 11.3. The molecular formula is C13H10N8S. The predicted octanol–water partition coefficient (Wildman–Crippen LogP) is 1.46. The Bertz CT molecular complexity index is 817. The van der Waals surface area contributed by atoms with Crippen LogP contribution in [0.2, 0.25) is 0 Å². The van der Waals surface area contributed by atoms with Crippen LogP contribution in [0.25, 0.3) is 5.57 Å². The smallest absolute Gasteiger partial charge is 0.216 e. The van der Waals surface area contributed by atoms with Gasteiger partial charge in [0.1, 0.15) is 11.6 Å². The summed E-state index contributed by atoms with van der Waals surface area (Å²) in [6.45, 7) is 1.76. The van der Waals surface area contributed by atoms with Crippen molar-refractivity contribution in [1.82, 2.24) is 20.6 Å². The third-order valence-corrected chi connectivity index (χ3v) is 4.44. The van der Waals surface area contributed by atoms with Crippen molar-refractivity contribution in [2.75, 3.05) is 23.3 Å². The van der Waals surface area contributed by atoms with E-state index in [9.17, 15) is 0 Å². The van der Waals surface area contributed by atoms with Crippen molar-refractivity contribution in [3.8, 4) is 6.07 Å². The molecule has 2 aliphatic heterocycles. The molecule has 3 heterocycles. The number of aromatic nitrogens is 4. The third-order valence-electron chi connectivity index (χ3n) is 3.34. The van der Waals surface area contributed by atoms with Gasteiger partial charge in [-0.05, 0) is 35.2 Å². The molecule has 0 fully saturated rings. The van der Waals surface area contributed by atoms with E-state index in [4.69, 9.17) is 5.26 Å². The Morgan fingerprint density at radius 1 is 1.50 bits per heavy atom. The van der Waals surface area contributed by atoms with Crippen molar-refractivity contribution >= 4 is 33.9 Å². The first kappa shape index (κ1) is 12.8. The maximum absolute atomic E-state index is 9.15. The molecule has 0 unspecified atom stereocenters. The van der Waals surface area contributed by atoms with Gasteiger partial charge in [-0.3, -0.25) is 4.99 Å². The molecule has 0 bridgehead atoms. The molecule has 1 aromatic heterocycles. The maximum atomic E-state index is 9.15. The molecule has 0 radical (unpaired) electrons. The molecule has 9 heteroatoms. The Morgan fingerprint density at radius 2 is 2.45 bits per heavy atom. The van der Waals surface area contributed by atoms with Gasteiger partial charge in [0.05, 0.1) is 12.2 Å². The van der Waals surface area contributed by atoms with E-state index in [2.05, 4.69) is 48.0 Å². The number of benzene rings is 1. The van der Waals surface area contributed by atoms with Crippen LogP contribution in [0.1, 0.15) is 5.82 Å². The quantitative estimate of drug-likeness (QED) is 0.826. The molecule has 0 spiro atoms. The summed E-state index contributed by atoms with van der Waals surface area (Å²) in [5, 5.41) is 26.7. The molecule has 108 valence electrons. The summed E-state index contributed by atoms with van der Waals surface area (Å²) in [5.74, 6) is 0.265. The SMILES string of the molecule is N#CC(=CNc1ccc2c(c1)N1CCN=C1S2)c1nn[nH]n1. The molecule has 0 saturated heterocycles. The van der Waals surface area contributed by atoms with E-state index in [1.54, 1.807) is 18.0 Å². The third kappa shape index (κ3) is 2.10. The van der Waals surface area contributed by atoms with Crippen molar-refractivity contribution in [2.24, 2.45) is 4.99 Å². The molecule has 2 aromatic rings. The van der Waals surface area contributed by atoms with E-state index < -0.39 is 0 Å². The number of hydrogen-bond donors (Lipinski definition) is 2. The molecule has 22 heavy (non-hydrogen) atoms. The van der Waals surface area contributed by atoms with Gasteiger partial charge in [0.2, 0.25) is 5.82 Å². The number of nitriles is 1. The largest absolute Gasteiger partial charge is 0.360 e. The van der Waals surface area contributed by atoms with Gasteiger partial charge in [0, 0.05) is 23.3 Å². The average molecular weight is 310 g/mol. The lowest BCUT2D eigenvalue weighted by Gasteiger charge is -2.13. The Kier molecular flexibility index (Phi) is 3.01. The average Bonchev–Trinajstić information content (AvgIpc) is 3.25. The minimum Gasteiger partial charge on any atom is -0.360 e. The number of aliphatic imine (C=N–C) groups is 1. The van der Waals surface area contributed by atoms with Gasteiger partial charge < -0.3 is 10.2 Å². The summed E-state index contributed by atoms with van der Waals surface area (Å²) in [7, 11) is 0. The summed E-state index contributed by atoms with van der Waals surface area (Å²) in [4.78, 5) is 7.87. The van der Waals surface area contributed by atoms with E-state index in [-0.39, 0.29) is 5.82 Å². The zero-order chi connectivity index (χ0) is 14.9. The summed E-state index contributed by atoms with van der Waals surface area (Å²) < 4.78 is 0. The number of tetrazole rings is 1. The number of H-pyrrole nitrogens is 1. The lowest BCUT2D eigenvalue weighted by atomic mass is 10.2. The predicted molar refractivity (Wildman–Crippen MR) is 83.3 cm³/mol. The van der Waals surface area contributed by atoms with E-state index in [1.807, 2.05) is 12.1 Å². The second kappa shape index (κ2) is 5.16. The minimum atomic E-state index is 0.265. The van der Waals surface area contributed by atoms with Gasteiger partial charge in [0.25, 0.3) is 0 Å². The highest BCUT2D eigenvalue weighted by molar-refractivity contribution is 8.14. The molecule has 8 nitrogen and oxygen atoms in total. The van der Waals surface area contributed by atoms with Crippen LogP contribution in [-0.4, -0.2) is 38.9 Å². The van der Waals surface area contributed by atoms with Crippen molar-refractivity contribution in [2.45, 2.75) is 4.90 Å². The first-order valence-electron chi connectivity index (χ1n) is 6.59. The molecule has 0 aliphatic carbocycles. The van der Waals surface area contributed by atoms with Crippen molar-refractivity contribution in [1.29, 1.82) is 5.26 Å². The number of aromatic amines is 1. The summed E-state index contributed by atoms with van der Waals surface area (Å²) in [6, 6.07) is 8.12. The van der Waals surface area contributed by atoms with Crippen LogP contribution in [0, 0.1) is 11.3 Å². The van der Waals surface area contributed by atoms with Crippen LogP contribution < -0.4 is 10.2 Å². The maximum Gasteiger partial charge on any atom is 0.216 e. The number of nitrogens with zero attached hydrogens (tertiary/aromatic N) is 6. The van der Waals surface area contributed by atoms with Crippen molar-refractivity contribution in [3.63, 3.8) is 0 Å². The fraction of sp³-hybridized carbons (Fsp3) is 0.154. The fourth-order valence-electron chi connectivity index (χ4n) is 2.32. The number of allylic oxidation sites excluding steroid dienone is 1. The van der Waals surface area contributed by atoms with Gasteiger partial charge in [-0.15, -0.1) is 10.2 Å². The van der Waals surface area contributed by atoms with Gasteiger partial charge in [0.15, 0.2) is 5.17 Å². The van der Waals surface area contributed by atoms with Crippen LogP contribution in [0.3, 0.4) is 0 Å². The number of thioether (sulfide) groups is 1. The van der Waals surface area contributed by atoms with Crippen LogP contribution in [0.15, 0.2) is 34.3 Å². The first-order chi connectivity index (χ1) is 10.8. The molecule has 4 rings (SSSR count). The number of nitrogens with one attached hydrogen (secondary N) is 2. The Hall–Kier alpha value is -2.86. The van der Waals surface area contributed by atoms with Crippen LogP contribution >= 0.6 is 11.8 Å². The van der Waals surface area contributed by atoms with E-state index in [0.717, 1.165) is 29.6 Å². The summed E-state index contributed by atoms with van der Waals surface area (Å²) in [6.07, 6.45) is 1.58. The van der Waals surface area contributed by atoms with Gasteiger partial charge in [-0.1, -0.05) is 0 Å². The summed E-state index contributed by atoms with van der Waals surface area (Å²) in [5.41, 5.74) is 2.36. The molecule has 1 aromatic carbocycles. The zero-order valence-corrected chi connectivity index (χ0v) is 12.1. The Morgan fingerprint density at radius 3 is 3.27 bits per heavy atom. The second-order valence-electron chi connectivity index (χ2n) is 4.65. The molecule has 0 saturated carbocycles. The van der Waals surface area contributed by atoms with Crippen molar-refractivity contribution in [3.05, 3.63) is 30.2 Å². The number of fused-ring (bicyclic) bond motifs is 3. The van der Waals surface area contributed by atoms with Gasteiger partial charge in [-0.25, -0.2) is 0 Å². The number of anilines is 2. The lowest BCUT2D eigenvalue weighted by molar-refractivity contribution is 0.881. The molecule has 0 atom stereocenters.